The van der Waals surface area contributed by atoms with Crippen LogP contribution < -0.4 is 0 Å². The van der Waals surface area contributed by atoms with Crippen LogP contribution in [0.3, 0.4) is 0 Å². The van der Waals surface area contributed by atoms with Crippen molar-refractivity contribution in [2.75, 3.05) is 5.88 Å². The fourth-order valence-electron chi connectivity index (χ4n) is 1.51. The van der Waals surface area contributed by atoms with Crippen LogP contribution in [-0.4, -0.2) is 20.9 Å². The summed E-state index contributed by atoms with van der Waals surface area (Å²) >= 11 is 5.62. The normalized spacial score (nSPS) is 14.5. The van der Waals surface area contributed by atoms with Gasteiger partial charge in [-0.15, -0.1) is 16.7 Å². The van der Waals surface area contributed by atoms with Gasteiger partial charge >= 0.3 is 0 Å². The molecule has 1 aromatic heterocycles. The number of fused-ring (bicyclic) bond motifs is 1. The summed E-state index contributed by atoms with van der Waals surface area (Å²) in [5.74, 6) is 0.679. The molecule has 1 aliphatic rings. The second kappa shape index (κ2) is 3.92. The smallest absolute Gasteiger partial charge is 0.0903 e. The first-order valence-electron chi connectivity index (χ1n) is 4.56. The van der Waals surface area contributed by atoms with E-state index in [2.05, 4.69) is 22.5 Å². The lowest BCUT2D eigenvalue weighted by molar-refractivity contribution is 0.577. The molecule has 1 heterocycles. The Labute approximate surface area is 82.4 Å². The van der Waals surface area contributed by atoms with Crippen LogP contribution in [-0.2, 0) is 13.0 Å². The van der Waals surface area contributed by atoms with Crippen LogP contribution in [0.5, 0.6) is 0 Å². The van der Waals surface area contributed by atoms with Crippen molar-refractivity contribution in [3.05, 3.63) is 17.5 Å². The summed E-state index contributed by atoms with van der Waals surface area (Å²) in [6.07, 6.45) is 7.33. The lowest BCUT2D eigenvalue weighted by Gasteiger charge is -2.05. The molecule has 13 heavy (non-hydrogen) atoms. The SMILES string of the molecule is ClCCCn1nnc2c1C=CCC2. The molecule has 1 aliphatic carbocycles. The largest absolute Gasteiger partial charge is 0.245 e. The molecular formula is C9H12ClN3. The van der Waals surface area contributed by atoms with E-state index in [0.717, 1.165) is 37.2 Å². The summed E-state index contributed by atoms with van der Waals surface area (Å²) in [5.41, 5.74) is 2.29. The molecule has 0 bridgehead atoms. The van der Waals surface area contributed by atoms with E-state index in [1.807, 2.05) is 4.68 Å². The lowest BCUT2D eigenvalue weighted by Crippen LogP contribution is -2.04. The van der Waals surface area contributed by atoms with Gasteiger partial charge in [-0.2, -0.15) is 0 Å². The Morgan fingerprint density at radius 3 is 3.31 bits per heavy atom. The van der Waals surface area contributed by atoms with Crippen LogP contribution >= 0.6 is 11.6 Å². The number of rotatable bonds is 3. The molecule has 0 aromatic carbocycles. The molecule has 2 rings (SSSR count). The van der Waals surface area contributed by atoms with Crippen molar-refractivity contribution in [3.63, 3.8) is 0 Å². The minimum absolute atomic E-state index is 0.679. The van der Waals surface area contributed by atoms with Crippen LogP contribution in [0.1, 0.15) is 24.2 Å². The van der Waals surface area contributed by atoms with Gasteiger partial charge in [0.05, 0.1) is 11.4 Å². The van der Waals surface area contributed by atoms with Gasteiger partial charge in [0.15, 0.2) is 0 Å². The molecule has 0 radical (unpaired) electrons. The van der Waals surface area contributed by atoms with Gasteiger partial charge in [-0.25, -0.2) is 4.68 Å². The first-order chi connectivity index (χ1) is 6.42. The zero-order valence-corrected chi connectivity index (χ0v) is 8.17. The Kier molecular flexibility index (Phi) is 2.64. The maximum Gasteiger partial charge on any atom is 0.0903 e. The van der Waals surface area contributed by atoms with Crippen molar-refractivity contribution in [2.24, 2.45) is 0 Å². The summed E-state index contributed by atoms with van der Waals surface area (Å²) in [4.78, 5) is 0. The van der Waals surface area contributed by atoms with Gasteiger partial charge in [-0.1, -0.05) is 11.3 Å². The number of hydrogen-bond acceptors (Lipinski definition) is 2. The van der Waals surface area contributed by atoms with Gasteiger partial charge in [0.2, 0.25) is 0 Å². The first-order valence-corrected chi connectivity index (χ1v) is 5.10. The Morgan fingerprint density at radius 2 is 2.46 bits per heavy atom. The van der Waals surface area contributed by atoms with E-state index in [9.17, 15) is 0 Å². The fraction of sp³-hybridized carbons (Fsp3) is 0.556. The first kappa shape index (κ1) is 8.75. The molecule has 0 saturated heterocycles. The second-order valence-electron chi connectivity index (χ2n) is 3.13. The van der Waals surface area contributed by atoms with Crippen LogP contribution in [0, 0.1) is 0 Å². The molecule has 70 valence electrons. The van der Waals surface area contributed by atoms with Crippen molar-refractivity contribution in [2.45, 2.75) is 25.8 Å². The number of allylic oxidation sites excluding steroid dienone is 1. The summed E-state index contributed by atoms with van der Waals surface area (Å²) in [5, 5.41) is 8.22. The molecule has 0 aliphatic heterocycles. The van der Waals surface area contributed by atoms with E-state index in [1.165, 1.54) is 0 Å². The number of hydrogen-bond donors (Lipinski definition) is 0. The van der Waals surface area contributed by atoms with Crippen LogP contribution in [0.2, 0.25) is 0 Å². The Morgan fingerprint density at radius 1 is 1.54 bits per heavy atom. The third-order valence-electron chi connectivity index (χ3n) is 2.17. The monoisotopic (exact) mass is 197 g/mol. The molecule has 0 N–H and O–H groups in total. The average Bonchev–Trinajstić information content (AvgIpc) is 2.58. The maximum absolute atomic E-state index is 5.62. The Balaban J connectivity index is 2.18. The molecule has 4 heteroatoms. The predicted octanol–water partition coefficient (Wildman–Crippen LogP) is 1.87. The minimum Gasteiger partial charge on any atom is -0.245 e. The van der Waals surface area contributed by atoms with E-state index in [4.69, 9.17) is 11.6 Å². The van der Waals surface area contributed by atoms with Gasteiger partial charge in [0, 0.05) is 12.4 Å². The third kappa shape index (κ3) is 1.75. The summed E-state index contributed by atoms with van der Waals surface area (Å²) in [7, 11) is 0. The highest BCUT2D eigenvalue weighted by Crippen LogP contribution is 2.16. The zero-order valence-electron chi connectivity index (χ0n) is 7.41. The fourth-order valence-corrected chi connectivity index (χ4v) is 1.63. The van der Waals surface area contributed by atoms with E-state index in [0.29, 0.717) is 5.88 Å². The predicted molar refractivity (Wildman–Crippen MR) is 52.7 cm³/mol. The average molecular weight is 198 g/mol. The standard InChI is InChI=1S/C9H12ClN3/c10-6-3-7-13-9-5-2-1-4-8(9)11-12-13/h2,5H,1,3-4,6-7H2. The number of aryl methyl sites for hydroxylation is 2. The molecule has 0 saturated carbocycles. The molecule has 0 amide bonds. The highest BCUT2D eigenvalue weighted by atomic mass is 35.5. The van der Waals surface area contributed by atoms with Gasteiger partial charge in [0.1, 0.15) is 0 Å². The van der Waals surface area contributed by atoms with Crippen molar-refractivity contribution in [1.29, 1.82) is 0 Å². The van der Waals surface area contributed by atoms with Crippen molar-refractivity contribution in [1.82, 2.24) is 15.0 Å². The number of nitrogens with zero attached hydrogens (tertiary/aromatic N) is 3. The van der Waals surface area contributed by atoms with E-state index < -0.39 is 0 Å². The number of alkyl halides is 1. The van der Waals surface area contributed by atoms with Crippen molar-refractivity contribution < 1.29 is 0 Å². The quantitative estimate of drug-likeness (QED) is 0.693. The summed E-state index contributed by atoms with van der Waals surface area (Å²) in [6, 6.07) is 0. The van der Waals surface area contributed by atoms with Gasteiger partial charge in [-0.05, 0) is 25.3 Å². The van der Waals surface area contributed by atoms with Gasteiger partial charge in [0.25, 0.3) is 0 Å². The molecule has 0 atom stereocenters. The molecule has 3 nitrogen and oxygen atoms in total. The van der Waals surface area contributed by atoms with Crippen molar-refractivity contribution >= 4 is 17.7 Å². The molecule has 1 aromatic rings. The van der Waals surface area contributed by atoms with Gasteiger partial charge < -0.3 is 0 Å². The molecule has 0 spiro atoms. The molecule has 0 fully saturated rings. The highest BCUT2D eigenvalue weighted by molar-refractivity contribution is 6.17. The summed E-state index contributed by atoms with van der Waals surface area (Å²) in [6.45, 7) is 0.871. The van der Waals surface area contributed by atoms with E-state index in [1.54, 1.807) is 0 Å². The second-order valence-corrected chi connectivity index (χ2v) is 3.51. The van der Waals surface area contributed by atoms with Crippen LogP contribution in [0.4, 0.5) is 0 Å². The summed E-state index contributed by atoms with van der Waals surface area (Å²) < 4.78 is 1.94. The van der Waals surface area contributed by atoms with Crippen molar-refractivity contribution in [3.8, 4) is 0 Å². The van der Waals surface area contributed by atoms with Gasteiger partial charge in [-0.3, -0.25) is 0 Å². The molecule has 0 unspecified atom stereocenters. The lowest BCUT2D eigenvalue weighted by atomic mass is 10.1. The van der Waals surface area contributed by atoms with Crippen LogP contribution in [0.15, 0.2) is 6.08 Å². The Bertz CT molecular complexity index is 317. The number of aromatic nitrogens is 3. The molecular weight excluding hydrogens is 186 g/mol. The van der Waals surface area contributed by atoms with E-state index >= 15 is 0 Å². The minimum atomic E-state index is 0.679. The zero-order chi connectivity index (χ0) is 9.10. The maximum atomic E-state index is 5.62. The third-order valence-corrected chi connectivity index (χ3v) is 2.44. The van der Waals surface area contributed by atoms with Crippen LogP contribution in [0.25, 0.3) is 6.08 Å². The Hall–Kier alpha value is -0.830. The van der Waals surface area contributed by atoms with E-state index in [-0.39, 0.29) is 0 Å². The highest BCUT2D eigenvalue weighted by Gasteiger charge is 2.11. The number of halogens is 1. The topological polar surface area (TPSA) is 30.7 Å².